The van der Waals surface area contributed by atoms with Gasteiger partial charge in [0, 0.05) is 56.4 Å². The highest BCUT2D eigenvalue weighted by atomic mass is 32.1. The van der Waals surface area contributed by atoms with E-state index in [2.05, 4.69) is 45.0 Å². The summed E-state index contributed by atoms with van der Waals surface area (Å²) < 4.78 is 14.1. The Labute approximate surface area is 188 Å². The molecule has 4 rings (SSSR count). The summed E-state index contributed by atoms with van der Waals surface area (Å²) in [7, 11) is 0. The van der Waals surface area contributed by atoms with E-state index in [0.717, 1.165) is 51.6 Å². The number of aromatic nitrogens is 1. The van der Waals surface area contributed by atoms with Crippen molar-refractivity contribution in [3.8, 4) is 0 Å². The molecule has 2 aromatic rings. The van der Waals surface area contributed by atoms with Gasteiger partial charge in [-0.15, -0.1) is 11.3 Å². The van der Waals surface area contributed by atoms with Gasteiger partial charge in [-0.3, -0.25) is 9.89 Å². The SMILES string of the molecule is CCNC(=NCC1CCCN(Cc2cccs2)C1)NC1CCN(c2ncccc2F)C1. The number of pyridine rings is 1. The number of nitrogens with one attached hydrogen (secondary N) is 2. The lowest BCUT2D eigenvalue weighted by Gasteiger charge is -2.31. The van der Waals surface area contributed by atoms with Crippen LogP contribution in [0.15, 0.2) is 40.8 Å². The van der Waals surface area contributed by atoms with Gasteiger partial charge in [0.05, 0.1) is 0 Å². The quantitative estimate of drug-likeness (QED) is 0.507. The summed E-state index contributed by atoms with van der Waals surface area (Å²) in [6.07, 6.45) is 5.07. The number of aliphatic imine (C=N–C) groups is 1. The van der Waals surface area contributed by atoms with Crippen LogP contribution >= 0.6 is 11.3 Å². The third-order valence-electron chi connectivity index (χ3n) is 5.98. The zero-order chi connectivity index (χ0) is 21.5. The van der Waals surface area contributed by atoms with E-state index in [0.29, 0.717) is 11.7 Å². The van der Waals surface area contributed by atoms with Gasteiger partial charge in [0.1, 0.15) is 0 Å². The van der Waals surface area contributed by atoms with E-state index in [1.54, 1.807) is 12.3 Å². The maximum atomic E-state index is 14.1. The first-order chi connectivity index (χ1) is 15.2. The van der Waals surface area contributed by atoms with Crippen LogP contribution in [0.1, 0.15) is 31.1 Å². The number of rotatable bonds is 7. The van der Waals surface area contributed by atoms with Crippen LogP contribution < -0.4 is 15.5 Å². The second-order valence-corrected chi connectivity index (χ2v) is 9.46. The van der Waals surface area contributed by atoms with Gasteiger partial charge in [0.2, 0.25) is 0 Å². The summed E-state index contributed by atoms with van der Waals surface area (Å²) in [6, 6.07) is 7.70. The molecule has 2 aromatic heterocycles. The second-order valence-electron chi connectivity index (χ2n) is 8.43. The minimum Gasteiger partial charge on any atom is -0.357 e. The van der Waals surface area contributed by atoms with E-state index in [-0.39, 0.29) is 11.9 Å². The topological polar surface area (TPSA) is 55.8 Å². The molecular weight excluding hydrogens is 411 g/mol. The van der Waals surface area contributed by atoms with E-state index in [1.807, 2.05) is 16.2 Å². The summed E-state index contributed by atoms with van der Waals surface area (Å²) in [4.78, 5) is 15.1. The van der Waals surface area contributed by atoms with Crippen LogP contribution in [0.4, 0.5) is 10.2 Å². The van der Waals surface area contributed by atoms with E-state index < -0.39 is 0 Å². The first kappa shape index (κ1) is 22.0. The normalized spacial score (nSPS) is 22.6. The number of hydrogen-bond acceptors (Lipinski definition) is 5. The predicted molar refractivity (Wildman–Crippen MR) is 126 cm³/mol. The fraction of sp³-hybridized carbons (Fsp3) is 0.565. The highest BCUT2D eigenvalue weighted by Crippen LogP contribution is 2.22. The number of halogens is 1. The number of likely N-dealkylation sites (tertiary alicyclic amines) is 1. The van der Waals surface area contributed by atoms with Crippen molar-refractivity contribution in [3.05, 3.63) is 46.5 Å². The molecule has 4 heterocycles. The molecule has 2 atom stereocenters. The Hall–Kier alpha value is -2.19. The van der Waals surface area contributed by atoms with Crippen molar-refractivity contribution in [1.29, 1.82) is 0 Å². The minimum absolute atomic E-state index is 0.237. The molecule has 2 aliphatic rings. The maximum Gasteiger partial charge on any atom is 0.191 e. The van der Waals surface area contributed by atoms with Gasteiger partial charge in [-0.05, 0) is 62.2 Å². The molecule has 0 radical (unpaired) electrons. The van der Waals surface area contributed by atoms with Crippen LogP contribution in [0.2, 0.25) is 0 Å². The molecule has 0 amide bonds. The summed E-state index contributed by atoms with van der Waals surface area (Å²) in [5.41, 5.74) is 0. The number of nitrogens with zero attached hydrogens (tertiary/aromatic N) is 4. The Morgan fingerprint density at radius 2 is 2.19 bits per heavy atom. The molecule has 168 valence electrons. The molecule has 0 spiro atoms. The summed E-state index contributed by atoms with van der Waals surface area (Å²) in [5.74, 6) is 1.65. The zero-order valence-electron chi connectivity index (χ0n) is 18.3. The Bertz CT molecular complexity index is 842. The number of anilines is 1. The van der Waals surface area contributed by atoms with Crippen molar-refractivity contribution < 1.29 is 4.39 Å². The van der Waals surface area contributed by atoms with Gasteiger partial charge in [0.15, 0.2) is 17.6 Å². The fourth-order valence-electron chi connectivity index (χ4n) is 4.48. The van der Waals surface area contributed by atoms with Crippen LogP contribution in [0.3, 0.4) is 0 Å². The van der Waals surface area contributed by atoms with E-state index in [1.165, 1.54) is 30.3 Å². The van der Waals surface area contributed by atoms with Crippen LogP contribution in [-0.2, 0) is 6.54 Å². The van der Waals surface area contributed by atoms with Gasteiger partial charge >= 0.3 is 0 Å². The van der Waals surface area contributed by atoms with Gasteiger partial charge < -0.3 is 15.5 Å². The van der Waals surface area contributed by atoms with E-state index >= 15 is 0 Å². The monoisotopic (exact) mass is 444 g/mol. The van der Waals surface area contributed by atoms with Gasteiger partial charge in [-0.25, -0.2) is 9.37 Å². The highest BCUT2D eigenvalue weighted by Gasteiger charge is 2.26. The summed E-state index contributed by atoms with van der Waals surface area (Å²) in [5, 5.41) is 9.09. The molecule has 2 fully saturated rings. The molecule has 0 saturated carbocycles. The highest BCUT2D eigenvalue weighted by molar-refractivity contribution is 7.09. The van der Waals surface area contributed by atoms with E-state index in [9.17, 15) is 4.39 Å². The van der Waals surface area contributed by atoms with Gasteiger partial charge in [-0.1, -0.05) is 6.07 Å². The van der Waals surface area contributed by atoms with Crippen LogP contribution in [0, 0.1) is 11.7 Å². The molecule has 2 aliphatic heterocycles. The molecule has 2 saturated heterocycles. The third kappa shape index (κ3) is 6.17. The lowest BCUT2D eigenvalue weighted by atomic mass is 9.98. The molecule has 0 bridgehead atoms. The van der Waals surface area contributed by atoms with Crippen molar-refractivity contribution >= 4 is 23.1 Å². The maximum absolute atomic E-state index is 14.1. The number of thiophene rings is 1. The molecule has 2 unspecified atom stereocenters. The standard InChI is InChI=1S/C23H33FN6S/c1-2-25-23(28-19-9-12-30(16-19)22-21(24)8-3-10-26-22)27-14-18-6-4-11-29(15-18)17-20-7-5-13-31-20/h3,5,7-8,10,13,18-19H,2,4,6,9,11-12,14-17H2,1H3,(H2,25,27,28). The van der Waals surface area contributed by atoms with Crippen LogP contribution in [0.25, 0.3) is 0 Å². The first-order valence-corrected chi connectivity index (χ1v) is 12.2. The Balaban J connectivity index is 1.29. The summed E-state index contributed by atoms with van der Waals surface area (Å²) in [6.45, 7) is 8.62. The summed E-state index contributed by atoms with van der Waals surface area (Å²) >= 11 is 1.84. The molecule has 31 heavy (non-hydrogen) atoms. The van der Waals surface area contributed by atoms with Crippen molar-refractivity contribution in [2.75, 3.05) is 44.2 Å². The third-order valence-corrected chi connectivity index (χ3v) is 6.84. The predicted octanol–water partition coefficient (Wildman–Crippen LogP) is 3.33. The number of piperidine rings is 1. The largest absolute Gasteiger partial charge is 0.357 e. The zero-order valence-corrected chi connectivity index (χ0v) is 19.1. The van der Waals surface area contributed by atoms with Crippen molar-refractivity contribution in [1.82, 2.24) is 20.5 Å². The van der Waals surface area contributed by atoms with Crippen LogP contribution in [0.5, 0.6) is 0 Å². The average molecular weight is 445 g/mol. The van der Waals surface area contributed by atoms with Crippen LogP contribution in [-0.4, -0.2) is 61.2 Å². The van der Waals surface area contributed by atoms with Gasteiger partial charge in [0.25, 0.3) is 0 Å². The smallest absolute Gasteiger partial charge is 0.191 e. The van der Waals surface area contributed by atoms with Crippen molar-refractivity contribution in [2.24, 2.45) is 10.9 Å². The number of hydrogen-bond donors (Lipinski definition) is 2. The lowest BCUT2D eigenvalue weighted by Crippen LogP contribution is -2.45. The molecule has 6 nitrogen and oxygen atoms in total. The second kappa shape index (κ2) is 10.9. The fourth-order valence-corrected chi connectivity index (χ4v) is 5.23. The molecule has 0 aliphatic carbocycles. The van der Waals surface area contributed by atoms with Crippen molar-refractivity contribution in [2.45, 2.75) is 38.8 Å². The van der Waals surface area contributed by atoms with Gasteiger partial charge in [-0.2, -0.15) is 0 Å². The average Bonchev–Trinajstić information content (AvgIpc) is 3.45. The number of guanidine groups is 1. The Morgan fingerprint density at radius 1 is 1.26 bits per heavy atom. The molecular formula is C23H33FN6S. The molecule has 0 aromatic carbocycles. The Morgan fingerprint density at radius 3 is 3.00 bits per heavy atom. The minimum atomic E-state index is -0.256. The molecule has 2 N–H and O–H groups in total. The van der Waals surface area contributed by atoms with Crippen molar-refractivity contribution in [3.63, 3.8) is 0 Å². The first-order valence-electron chi connectivity index (χ1n) is 11.4. The van der Waals surface area contributed by atoms with E-state index in [4.69, 9.17) is 4.99 Å². The lowest BCUT2D eigenvalue weighted by molar-refractivity contribution is 0.172. The Kier molecular flexibility index (Phi) is 7.75. The molecule has 8 heteroatoms.